The molecule has 0 atom stereocenters. The second kappa shape index (κ2) is 7.05. The van der Waals surface area contributed by atoms with E-state index in [-0.39, 0.29) is 5.91 Å². The molecule has 29 heavy (non-hydrogen) atoms. The minimum absolute atomic E-state index is 0.0727. The van der Waals surface area contributed by atoms with E-state index in [0.29, 0.717) is 24.8 Å². The summed E-state index contributed by atoms with van der Waals surface area (Å²) in [6.45, 7) is 4.57. The maximum absolute atomic E-state index is 12.9. The van der Waals surface area contributed by atoms with Crippen molar-refractivity contribution in [3.05, 3.63) is 60.2 Å². The zero-order valence-electron chi connectivity index (χ0n) is 16.0. The molecule has 1 N–H and O–H groups in total. The summed E-state index contributed by atoms with van der Waals surface area (Å²) in [6, 6.07) is 11.7. The van der Waals surface area contributed by atoms with Crippen molar-refractivity contribution in [3.8, 4) is 11.4 Å². The molecule has 1 aliphatic heterocycles. The van der Waals surface area contributed by atoms with Crippen molar-refractivity contribution in [2.24, 2.45) is 0 Å². The Hall–Kier alpha value is -3.68. The van der Waals surface area contributed by atoms with Crippen LogP contribution >= 0.6 is 0 Å². The molecule has 0 unspecified atom stereocenters. The maximum Gasteiger partial charge on any atom is 0.253 e. The highest BCUT2D eigenvalue weighted by molar-refractivity contribution is 5.98. The number of H-pyrrole nitrogens is 1. The average Bonchev–Trinajstić information content (AvgIpc) is 3.42. The normalized spacial score (nSPS) is 14.5. The Balaban J connectivity index is 1.24. The third-order valence-electron chi connectivity index (χ3n) is 5.22. The number of hydrogen-bond acceptors (Lipinski definition) is 6. The molecule has 8 heteroatoms. The van der Waals surface area contributed by atoms with Crippen LogP contribution in [0.15, 0.2) is 53.3 Å². The molecule has 1 aliphatic rings. The van der Waals surface area contributed by atoms with Crippen LogP contribution in [0.1, 0.15) is 16.2 Å². The Morgan fingerprint density at radius 2 is 1.97 bits per heavy atom. The molecule has 146 valence electrons. The summed E-state index contributed by atoms with van der Waals surface area (Å²) < 4.78 is 5.02. The summed E-state index contributed by atoms with van der Waals surface area (Å²) in [6.07, 6.45) is 3.64. The second-order valence-electron chi connectivity index (χ2n) is 7.10. The summed E-state index contributed by atoms with van der Waals surface area (Å²) in [5.74, 6) is 2.02. The summed E-state index contributed by atoms with van der Waals surface area (Å²) in [5, 5.41) is 4.97. The van der Waals surface area contributed by atoms with Gasteiger partial charge in [-0.3, -0.25) is 4.79 Å². The molecule has 0 radical (unpaired) electrons. The van der Waals surface area contributed by atoms with E-state index in [1.54, 1.807) is 13.1 Å². The van der Waals surface area contributed by atoms with Crippen LogP contribution in [0.2, 0.25) is 0 Å². The summed E-state index contributed by atoms with van der Waals surface area (Å²) in [4.78, 5) is 28.9. The van der Waals surface area contributed by atoms with Crippen LogP contribution in [0.3, 0.4) is 0 Å². The highest BCUT2D eigenvalue weighted by atomic mass is 16.5. The third kappa shape index (κ3) is 3.33. The number of fused-ring (bicyclic) bond motifs is 1. The summed E-state index contributed by atoms with van der Waals surface area (Å²) in [5.41, 5.74) is 2.58. The van der Waals surface area contributed by atoms with Gasteiger partial charge < -0.3 is 19.3 Å². The molecule has 4 heterocycles. The predicted molar refractivity (Wildman–Crippen MR) is 109 cm³/mol. The van der Waals surface area contributed by atoms with Gasteiger partial charge >= 0.3 is 0 Å². The minimum atomic E-state index is 0.0727. The van der Waals surface area contributed by atoms with Gasteiger partial charge in [-0.2, -0.15) is 4.98 Å². The number of nitrogens with one attached hydrogen (secondary N) is 1. The molecule has 1 amide bonds. The van der Waals surface area contributed by atoms with Crippen molar-refractivity contribution >= 4 is 22.6 Å². The molecular formula is C21H20N6O2. The fraction of sp³-hybridized carbons (Fsp3) is 0.238. The van der Waals surface area contributed by atoms with Crippen molar-refractivity contribution in [3.63, 3.8) is 0 Å². The lowest BCUT2D eigenvalue weighted by atomic mass is 10.1. The van der Waals surface area contributed by atoms with Gasteiger partial charge in [0.15, 0.2) is 0 Å². The lowest BCUT2D eigenvalue weighted by Crippen LogP contribution is -2.49. The standard InChI is InChI=1S/C21H20N6O2/c1-14-24-20(25-29-14)17-3-5-19(23-13-17)26-8-10-27(11-9-26)21(28)16-2-4-18-15(12-16)6-7-22-18/h2-7,12-13,22H,8-11H2,1H3. The van der Waals surface area contributed by atoms with Crippen molar-refractivity contribution < 1.29 is 9.32 Å². The Bertz CT molecular complexity index is 1160. The number of rotatable bonds is 3. The first-order valence-electron chi connectivity index (χ1n) is 9.55. The largest absolute Gasteiger partial charge is 0.361 e. The Morgan fingerprint density at radius 3 is 2.69 bits per heavy atom. The topological polar surface area (TPSA) is 91.2 Å². The fourth-order valence-electron chi connectivity index (χ4n) is 3.63. The van der Waals surface area contributed by atoms with Crippen LogP contribution in [0, 0.1) is 6.92 Å². The molecule has 1 fully saturated rings. The summed E-state index contributed by atoms with van der Waals surface area (Å²) in [7, 11) is 0. The number of carbonyl (C=O) groups excluding carboxylic acids is 1. The quantitative estimate of drug-likeness (QED) is 0.580. The van der Waals surface area contributed by atoms with Gasteiger partial charge in [0, 0.05) is 67.5 Å². The van der Waals surface area contributed by atoms with Gasteiger partial charge in [0.2, 0.25) is 11.7 Å². The van der Waals surface area contributed by atoms with E-state index in [0.717, 1.165) is 40.9 Å². The Morgan fingerprint density at radius 1 is 1.10 bits per heavy atom. The molecule has 0 saturated carbocycles. The molecule has 5 rings (SSSR count). The van der Waals surface area contributed by atoms with E-state index >= 15 is 0 Å². The number of aryl methyl sites for hydroxylation is 1. The van der Waals surface area contributed by atoms with Crippen LogP contribution in [-0.4, -0.2) is 57.1 Å². The van der Waals surface area contributed by atoms with Crippen molar-refractivity contribution in [1.82, 2.24) is 25.0 Å². The number of aromatic amines is 1. The maximum atomic E-state index is 12.9. The van der Waals surface area contributed by atoms with Crippen molar-refractivity contribution in [2.75, 3.05) is 31.1 Å². The van der Waals surface area contributed by atoms with Gasteiger partial charge in [-0.15, -0.1) is 0 Å². The average molecular weight is 388 g/mol. The van der Waals surface area contributed by atoms with Crippen LogP contribution < -0.4 is 4.90 Å². The van der Waals surface area contributed by atoms with Gasteiger partial charge in [0.05, 0.1) is 0 Å². The molecule has 0 aliphatic carbocycles. The number of amides is 1. The Kier molecular flexibility index (Phi) is 4.23. The SMILES string of the molecule is Cc1nc(-c2ccc(N3CCN(C(=O)c4ccc5[nH]ccc5c4)CC3)nc2)no1. The van der Waals surface area contributed by atoms with E-state index in [2.05, 4.69) is 25.0 Å². The number of anilines is 1. The van der Waals surface area contributed by atoms with Gasteiger partial charge in [-0.1, -0.05) is 5.16 Å². The van der Waals surface area contributed by atoms with Gasteiger partial charge in [-0.25, -0.2) is 4.98 Å². The van der Waals surface area contributed by atoms with E-state index in [4.69, 9.17) is 4.52 Å². The number of piperazine rings is 1. The highest BCUT2D eigenvalue weighted by Gasteiger charge is 2.23. The zero-order chi connectivity index (χ0) is 19.8. The van der Waals surface area contributed by atoms with Crippen LogP contribution in [0.25, 0.3) is 22.3 Å². The number of carbonyl (C=O) groups is 1. The molecule has 3 aromatic heterocycles. The first-order chi connectivity index (χ1) is 14.2. The lowest BCUT2D eigenvalue weighted by molar-refractivity contribution is 0.0746. The van der Waals surface area contributed by atoms with Crippen LogP contribution in [-0.2, 0) is 0 Å². The first kappa shape index (κ1) is 17.4. The van der Waals surface area contributed by atoms with Crippen molar-refractivity contribution in [1.29, 1.82) is 0 Å². The van der Waals surface area contributed by atoms with E-state index in [1.807, 2.05) is 47.5 Å². The van der Waals surface area contributed by atoms with Gasteiger partial charge in [0.1, 0.15) is 5.82 Å². The zero-order valence-corrected chi connectivity index (χ0v) is 16.0. The number of benzene rings is 1. The number of aromatic nitrogens is 4. The van der Waals surface area contributed by atoms with E-state index in [1.165, 1.54) is 0 Å². The lowest BCUT2D eigenvalue weighted by Gasteiger charge is -2.35. The molecule has 4 aromatic rings. The monoisotopic (exact) mass is 388 g/mol. The van der Waals surface area contributed by atoms with Gasteiger partial charge in [0.25, 0.3) is 5.91 Å². The predicted octanol–water partition coefficient (Wildman–Crippen LogP) is 2.88. The fourth-order valence-corrected chi connectivity index (χ4v) is 3.63. The van der Waals surface area contributed by atoms with Crippen LogP contribution in [0.5, 0.6) is 0 Å². The first-order valence-corrected chi connectivity index (χ1v) is 9.55. The van der Waals surface area contributed by atoms with Gasteiger partial charge in [-0.05, 0) is 36.4 Å². The highest BCUT2D eigenvalue weighted by Crippen LogP contribution is 2.21. The molecule has 0 spiro atoms. The van der Waals surface area contributed by atoms with Crippen LogP contribution in [0.4, 0.5) is 5.82 Å². The molecule has 1 saturated heterocycles. The van der Waals surface area contributed by atoms with E-state index in [9.17, 15) is 4.79 Å². The number of nitrogens with zero attached hydrogens (tertiary/aromatic N) is 5. The molecule has 8 nitrogen and oxygen atoms in total. The van der Waals surface area contributed by atoms with E-state index < -0.39 is 0 Å². The molecule has 1 aromatic carbocycles. The number of pyridine rings is 1. The molecular weight excluding hydrogens is 368 g/mol. The number of hydrogen-bond donors (Lipinski definition) is 1. The third-order valence-corrected chi connectivity index (χ3v) is 5.22. The summed E-state index contributed by atoms with van der Waals surface area (Å²) >= 11 is 0. The Labute approximate surface area is 167 Å². The smallest absolute Gasteiger partial charge is 0.253 e. The molecule has 0 bridgehead atoms. The van der Waals surface area contributed by atoms with Crippen molar-refractivity contribution in [2.45, 2.75) is 6.92 Å². The second-order valence-corrected chi connectivity index (χ2v) is 7.10. The minimum Gasteiger partial charge on any atom is -0.361 e.